The average molecular weight is 473 g/mol. The Kier molecular flexibility index (Phi) is 6.54. The Hall–Kier alpha value is -3.12. The van der Waals surface area contributed by atoms with Gasteiger partial charge in [-0.2, -0.15) is 18.4 Å². The maximum absolute atomic E-state index is 13.5. The fraction of sp³-hybridized carbons (Fsp3) is 0.480. The molecule has 0 aliphatic carbocycles. The summed E-state index contributed by atoms with van der Waals surface area (Å²) < 4.78 is 46.4. The first-order valence-corrected chi connectivity index (χ1v) is 11.3. The highest BCUT2D eigenvalue weighted by Gasteiger charge is 2.50. The van der Waals surface area contributed by atoms with Gasteiger partial charge in [0.2, 0.25) is 0 Å². The summed E-state index contributed by atoms with van der Waals surface area (Å²) in [4.78, 5) is 21.0. The number of rotatable bonds is 5. The normalized spacial score (nSPS) is 22.4. The van der Waals surface area contributed by atoms with E-state index in [1.807, 2.05) is 23.6 Å². The number of aryl methyl sites for hydroxylation is 1. The van der Waals surface area contributed by atoms with E-state index in [-0.39, 0.29) is 22.8 Å². The van der Waals surface area contributed by atoms with Crippen molar-refractivity contribution in [2.75, 3.05) is 44.3 Å². The van der Waals surface area contributed by atoms with Crippen LogP contribution in [0.15, 0.2) is 36.5 Å². The SMILES string of the molecule is CCOC[C@@]12CCN(C(=O)c3ccc(C)nc3)C[C@@H]1CN(c1ccc(C#N)c(C(F)(F)F)c1)C2. The molecule has 34 heavy (non-hydrogen) atoms. The minimum Gasteiger partial charge on any atom is -0.381 e. The first kappa shape index (κ1) is 24.0. The highest BCUT2D eigenvalue weighted by atomic mass is 19.4. The molecule has 2 aliphatic rings. The number of amides is 1. The Balaban J connectivity index is 1.59. The summed E-state index contributed by atoms with van der Waals surface area (Å²) in [6, 6.07) is 9.07. The number of pyridine rings is 1. The summed E-state index contributed by atoms with van der Waals surface area (Å²) >= 11 is 0. The van der Waals surface area contributed by atoms with Crippen molar-refractivity contribution in [2.24, 2.45) is 11.3 Å². The molecule has 2 saturated heterocycles. The van der Waals surface area contributed by atoms with Crippen LogP contribution in [0.3, 0.4) is 0 Å². The highest BCUT2D eigenvalue weighted by molar-refractivity contribution is 5.94. The number of aromatic nitrogens is 1. The van der Waals surface area contributed by atoms with Gasteiger partial charge in [-0.15, -0.1) is 0 Å². The van der Waals surface area contributed by atoms with Gasteiger partial charge >= 0.3 is 6.18 Å². The number of ether oxygens (including phenoxy) is 1. The number of alkyl halides is 3. The number of nitrogens with zero attached hydrogens (tertiary/aromatic N) is 4. The number of hydrogen-bond donors (Lipinski definition) is 0. The van der Waals surface area contributed by atoms with Crippen molar-refractivity contribution in [1.82, 2.24) is 9.88 Å². The van der Waals surface area contributed by atoms with Crippen molar-refractivity contribution in [2.45, 2.75) is 26.4 Å². The van der Waals surface area contributed by atoms with Gasteiger partial charge in [0.05, 0.1) is 29.4 Å². The molecule has 2 fully saturated rings. The third-order valence-corrected chi connectivity index (χ3v) is 6.97. The summed E-state index contributed by atoms with van der Waals surface area (Å²) in [5.41, 5.74) is 0.213. The second-order valence-corrected chi connectivity index (χ2v) is 9.11. The number of benzene rings is 1. The smallest absolute Gasteiger partial charge is 0.381 e. The fourth-order valence-corrected chi connectivity index (χ4v) is 5.04. The average Bonchev–Trinajstić information content (AvgIpc) is 3.21. The Bertz CT molecular complexity index is 1100. The summed E-state index contributed by atoms with van der Waals surface area (Å²) in [5, 5.41) is 9.11. The Labute approximate surface area is 196 Å². The van der Waals surface area contributed by atoms with E-state index in [0.29, 0.717) is 57.1 Å². The van der Waals surface area contributed by atoms with Crippen molar-refractivity contribution in [3.05, 3.63) is 58.9 Å². The largest absolute Gasteiger partial charge is 0.417 e. The van der Waals surface area contributed by atoms with E-state index in [1.54, 1.807) is 30.5 Å². The number of anilines is 1. The van der Waals surface area contributed by atoms with Gasteiger partial charge in [-0.1, -0.05) is 0 Å². The zero-order valence-electron chi connectivity index (χ0n) is 19.2. The standard InChI is InChI=1S/C25H27F3N4O2/c1-3-34-16-24-8-9-31(23(33)19-5-4-17(2)30-12-19)13-20(24)14-32(15-24)21-7-6-18(11-29)22(10-21)25(26,27)28/h4-7,10,12,20H,3,8-9,13-16H2,1-2H3/t20-,24+/m1/s1. The van der Waals surface area contributed by atoms with E-state index in [2.05, 4.69) is 4.98 Å². The number of carbonyl (C=O) groups excluding carboxylic acids is 1. The molecule has 1 amide bonds. The Morgan fingerprint density at radius 2 is 2.09 bits per heavy atom. The first-order chi connectivity index (χ1) is 16.2. The molecule has 0 spiro atoms. The van der Waals surface area contributed by atoms with Gasteiger partial charge in [-0.3, -0.25) is 9.78 Å². The molecule has 6 nitrogen and oxygen atoms in total. The summed E-state index contributed by atoms with van der Waals surface area (Å²) in [6.07, 6.45) is -2.33. The second kappa shape index (κ2) is 9.26. The van der Waals surface area contributed by atoms with Gasteiger partial charge < -0.3 is 14.5 Å². The zero-order chi connectivity index (χ0) is 24.5. The Morgan fingerprint density at radius 1 is 1.29 bits per heavy atom. The number of piperidine rings is 1. The molecule has 0 radical (unpaired) electrons. The van der Waals surface area contributed by atoms with Gasteiger partial charge in [0.25, 0.3) is 5.91 Å². The summed E-state index contributed by atoms with van der Waals surface area (Å²) in [6.45, 7) is 6.89. The van der Waals surface area contributed by atoms with Gasteiger partial charge in [0, 0.05) is 61.7 Å². The van der Waals surface area contributed by atoms with Crippen LogP contribution in [0.5, 0.6) is 0 Å². The van der Waals surface area contributed by atoms with Crippen molar-refractivity contribution in [3.63, 3.8) is 0 Å². The van der Waals surface area contributed by atoms with Crippen LogP contribution in [-0.4, -0.2) is 55.2 Å². The van der Waals surface area contributed by atoms with Crippen LogP contribution in [0.1, 0.15) is 40.5 Å². The van der Waals surface area contributed by atoms with Gasteiger partial charge in [0.15, 0.2) is 0 Å². The van der Waals surface area contributed by atoms with Crippen molar-refractivity contribution in [3.8, 4) is 6.07 Å². The highest BCUT2D eigenvalue weighted by Crippen LogP contribution is 2.45. The summed E-state index contributed by atoms with van der Waals surface area (Å²) in [5.74, 6) is -0.0474. The lowest BCUT2D eigenvalue weighted by Gasteiger charge is -2.43. The van der Waals surface area contributed by atoms with Crippen molar-refractivity contribution < 1.29 is 22.7 Å². The van der Waals surface area contributed by atoms with E-state index < -0.39 is 11.7 Å². The number of carbonyl (C=O) groups is 1. The van der Waals surface area contributed by atoms with Crippen LogP contribution < -0.4 is 4.90 Å². The predicted molar refractivity (Wildman–Crippen MR) is 120 cm³/mol. The topological polar surface area (TPSA) is 69.5 Å². The monoisotopic (exact) mass is 472 g/mol. The van der Waals surface area contributed by atoms with Crippen LogP contribution in [0.25, 0.3) is 0 Å². The number of fused-ring (bicyclic) bond motifs is 1. The minimum atomic E-state index is -4.61. The third kappa shape index (κ3) is 4.60. The van der Waals surface area contributed by atoms with E-state index in [4.69, 9.17) is 10.00 Å². The molecule has 3 heterocycles. The first-order valence-electron chi connectivity index (χ1n) is 11.3. The predicted octanol–water partition coefficient (Wildman–Crippen LogP) is 4.29. The van der Waals surface area contributed by atoms with E-state index >= 15 is 0 Å². The lowest BCUT2D eigenvalue weighted by molar-refractivity contribution is -0.137. The van der Waals surface area contributed by atoms with Crippen LogP contribution in [0.4, 0.5) is 18.9 Å². The molecule has 0 unspecified atom stereocenters. The molecule has 180 valence electrons. The van der Waals surface area contributed by atoms with Crippen LogP contribution in [0, 0.1) is 29.6 Å². The number of hydrogen-bond acceptors (Lipinski definition) is 5. The molecular weight excluding hydrogens is 445 g/mol. The molecule has 2 aliphatic heterocycles. The molecule has 2 atom stereocenters. The molecule has 4 rings (SSSR count). The lowest BCUT2D eigenvalue weighted by atomic mass is 9.73. The molecule has 2 aromatic rings. The quantitative estimate of drug-likeness (QED) is 0.650. The molecule has 1 aromatic carbocycles. The fourth-order valence-electron chi connectivity index (χ4n) is 5.04. The number of likely N-dealkylation sites (tertiary alicyclic amines) is 1. The maximum Gasteiger partial charge on any atom is 0.417 e. The number of nitriles is 1. The molecule has 1 aromatic heterocycles. The minimum absolute atomic E-state index is 0.0418. The Morgan fingerprint density at radius 3 is 2.74 bits per heavy atom. The van der Waals surface area contributed by atoms with Crippen molar-refractivity contribution in [1.29, 1.82) is 5.26 Å². The molecule has 9 heteroatoms. The van der Waals surface area contributed by atoms with Gasteiger partial charge in [0.1, 0.15) is 0 Å². The molecule has 0 bridgehead atoms. The summed E-state index contributed by atoms with van der Waals surface area (Å²) in [7, 11) is 0. The van der Waals surface area contributed by atoms with Gasteiger partial charge in [-0.25, -0.2) is 0 Å². The van der Waals surface area contributed by atoms with E-state index in [0.717, 1.165) is 11.8 Å². The van der Waals surface area contributed by atoms with E-state index in [9.17, 15) is 18.0 Å². The third-order valence-electron chi connectivity index (χ3n) is 6.97. The maximum atomic E-state index is 13.5. The number of halogens is 3. The van der Waals surface area contributed by atoms with E-state index in [1.165, 1.54) is 6.07 Å². The van der Waals surface area contributed by atoms with Gasteiger partial charge in [-0.05, 0) is 50.6 Å². The van der Waals surface area contributed by atoms with Crippen molar-refractivity contribution >= 4 is 11.6 Å². The van der Waals surface area contributed by atoms with Crippen LogP contribution in [-0.2, 0) is 10.9 Å². The zero-order valence-corrected chi connectivity index (χ0v) is 19.2. The van der Waals surface area contributed by atoms with Crippen LogP contribution >= 0.6 is 0 Å². The lowest BCUT2D eigenvalue weighted by Crippen LogP contribution is -2.51. The van der Waals surface area contributed by atoms with Crippen LogP contribution in [0.2, 0.25) is 0 Å². The second-order valence-electron chi connectivity index (χ2n) is 9.11. The molecular formula is C25H27F3N4O2. The molecule has 0 saturated carbocycles. The molecule has 0 N–H and O–H groups in total.